The number of hydrogen-bond acceptors (Lipinski definition) is 4. The minimum absolute atomic E-state index is 0.00951. The number of benzene rings is 1. The number of hydrogen-bond donors (Lipinski definition) is 5. The Bertz CT molecular complexity index is 485. The maximum atomic E-state index is 10.9. The molecule has 0 bridgehead atoms. The van der Waals surface area contributed by atoms with Crippen LogP contribution in [0.2, 0.25) is 0 Å². The van der Waals surface area contributed by atoms with Crippen molar-refractivity contribution in [3.05, 3.63) is 18.2 Å². The van der Waals surface area contributed by atoms with E-state index in [0.29, 0.717) is 0 Å². The van der Waals surface area contributed by atoms with E-state index in [9.17, 15) is 13.6 Å². The van der Waals surface area contributed by atoms with Gasteiger partial charge in [0, 0.05) is 0 Å². The SMILES string of the molecule is CC(=O)Nc1cc([As](=O)(O)O)ccc1O.CCNCC. The molecule has 20 heavy (non-hydrogen) atoms. The van der Waals surface area contributed by atoms with Crippen LogP contribution in [0.5, 0.6) is 5.75 Å². The van der Waals surface area contributed by atoms with Crippen LogP contribution in [0.15, 0.2) is 18.2 Å². The van der Waals surface area contributed by atoms with Crippen LogP contribution in [0, 0.1) is 0 Å². The molecule has 1 amide bonds. The summed E-state index contributed by atoms with van der Waals surface area (Å²) in [5.74, 6) is -0.668. The Kier molecular flexibility index (Phi) is 8.25. The number of anilines is 1. The van der Waals surface area contributed by atoms with E-state index in [-0.39, 0.29) is 15.8 Å². The van der Waals surface area contributed by atoms with Gasteiger partial charge in [-0.2, -0.15) is 0 Å². The van der Waals surface area contributed by atoms with E-state index in [4.69, 9.17) is 8.19 Å². The van der Waals surface area contributed by atoms with E-state index in [2.05, 4.69) is 24.5 Å². The van der Waals surface area contributed by atoms with Crippen LogP contribution in [0.3, 0.4) is 0 Å². The van der Waals surface area contributed by atoms with Crippen molar-refractivity contribution in [3.63, 3.8) is 0 Å². The van der Waals surface area contributed by atoms with Gasteiger partial charge in [0.25, 0.3) is 0 Å². The Hall–Kier alpha value is -1.27. The first kappa shape index (κ1) is 18.7. The minimum Gasteiger partial charge on any atom is -0.317 e. The number of nitrogens with one attached hydrogen (secondary N) is 2. The van der Waals surface area contributed by atoms with Gasteiger partial charge in [0.1, 0.15) is 0 Å². The third kappa shape index (κ3) is 7.35. The molecule has 7 nitrogen and oxygen atoms in total. The van der Waals surface area contributed by atoms with Gasteiger partial charge in [0.05, 0.1) is 0 Å². The van der Waals surface area contributed by atoms with E-state index < -0.39 is 20.1 Å². The number of rotatable bonds is 4. The van der Waals surface area contributed by atoms with Gasteiger partial charge in [-0.25, -0.2) is 0 Å². The standard InChI is InChI=1S/C8H10AsNO5.C4H11N/c1-5(11)10-7-4-6(9(13,14)15)2-3-8(7)12;1-3-5-4-2/h2-4,12H,1H3,(H,10,11)(H2,13,14,15);5H,3-4H2,1-2H3. The van der Waals surface area contributed by atoms with Gasteiger partial charge >= 0.3 is 88.1 Å². The monoisotopic (exact) mass is 348 g/mol. The second kappa shape index (κ2) is 8.81. The Morgan fingerprint density at radius 3 is 2.15 bits per heavy atom. The van der Waals surface area contributed by atoms with E-state index in [1.54, 1.807) is 0 Å². The van der Waals surface area contributed by atoms with Crippen molar-refractivity contribution >= 4 is 30.1 Å². The predicted molar refractivity (Wildman–Crippen MR) is 77.1 cm³/mol. The third-order valence-electron chi connectivity index (χ3n) is 2.13. The minimum atomic E-state index is -4.98. The average molecular weight is 348 g/mol. The molecule has 0 atom stereocenters. The molecule has 0 aliphatic heterocycles. The maximum Gasteiger partial charge on any atom is -0.00775 e. The van der Waals surface area contributed by atoms with Crippen molar-refractivity contribution < 1.29 is 21.8 Å². The first-order valence-corrected chi connectivity index (χ1v) is 9.48. The second-order valence-electron chi connectivity index (χ2n) is 3.88. The van der Waals surface area contributed by atoms with Gasteiger partial charge in [0.15, 0.2) is 0 Å². The van der Waals surface area contributed by atoms with Crippen LogP contribution in [0.1, 0.15) is 20.8 Å². The summed E-state index contributed by atoms with van der Waals surface area (Å²) >= 11 is -4.98. The fourth-order valence-corrected chi connectivity index (χ4v) is 2.43. The molecular weight excluding hydrogens is 327 g/mol. The van der Waals surface area contributed by atoms with E-state index in [0.717, 1.165) is 31.3 Å². The van der Waals surface area contributed by atoms with Crippen LogP contribution in [-0.4, -0.2) is 46.5 Å². The summed E-state index contributed by atoms with van der Waals surface area (Å²) in [7, 11) is 0. The van der Waals surface area contributed by atoms with Crippen molar-refractivity contribution in [2.24, 2.45) is 0 Å². The van der Waals surface area contributed by atoms with Crippen molar-refractivity contribution in [2.75, 3.05) is 18.4 Å². The molecule has 0 fully saturated rings. The Balaban J connectivity index is 0.000000621. The molecule has 1 rings (SSSR count). The summed E-state index contributed by atoms with van der Waals surface area (Å²) in [6, 6.07) is 3.32. The summed E-state index contributed by atoms with van der Waals surface area (Å²) in [6.45, 7) is 7.62. The van der Waals surface area contributed by atoms with E-state index >= 15 is 0 Å². The molecule has 114 valence electrons. The fraction of sp³-hybridized carbons (Fsp3) is 0.417. The van der Waals surface area contributed by atoms with Crippen LogP contribution in [0.4, 0.5) is 5.69 Å². The summed E-state index contributed by atoms with van der Waals surface area (Å²) in [5.41, 5.74) is -0.00951. The number of amides is 1. The van der Waals surface area contributed by atoms with Gasteiger partial charge in [-0.3, -0.25) is 0 Å². The molecule has 0 saturated heterocycles. The van der Waals surface area contributed by atoms with Crippen LogP contribution in [0.25, 0.3) is 0 Å². The zero-order chi connectivity index (χ0) is 15.8. The predicted octanol–water partition coefficient (Wildman–Crippen LogP) is -0.473. The van der Waals surface area contributed by atoms with Crippen molar-refractivity contribution in [2.45, 2.75) is 20.8 Å². The number of aromatic hydroxyl groups is 1. The first-order valence-electron chi connectivity index (χ1n) is 6.09. The van der Waals surface area contributed by atoms with Crippen LogP contribution in [-0.2, 0) is 8.53 Å². The molecule has 0 aromatic heterocycles. The molecular formula is C12H21AsN2O5. The van der Waals surface area contributed by atoms with Crippen molar-refractivity contribution in [1.29, 1.82) is 0 Å². The maximum absolute atomic E-state index is 10.9. The van der Waals surface area contributed by atoms with E-state index in [1.165, 1.54) is 6.92 Å². The molecule has 0 saturated carbocycles. The van der Waals surface area contributed by atoms with Gasteiger partial charge < -0.3 is 5.32 Å². The summed E-state index contributed by atoms with van der Waals surface area (Å²) in [6.07, 6.45) is 0. The number of carbonyl (C=O) groups excluding carboxylic acids is 1. The molecule has 0 spiro atoms. The smallest absolute Gasteiger partial charge is 0.00775 e. The molecule has 1 aromatic carbocycles. The summed E-state index contributed by atoms with van der Waals surface area (Å²) in [5, 5.41) is 14.7. The Labute approximate surface area is 121 Å². The Morgan fingerprint density at radius 1 is 1.25 bits per heavy atom. The van der Waals surface area contributed by atoms with Crippen molar-refractivity contribution in [3.8, 4) is 5.75 Å². The van der Waals surface area contributed by atoms with E-state index in [1.807, 2.05) is 0 Å². The second-order valence-corrected chi connectivity index (χ2v) is 7.25. The van der Waals surface area contributed by atoms with Gasteiger partial charge in [-0.1, -0.05) is 13.8 Å². The average Bonchev–Trinajstić information content (AvgIpc) is 2.32. The molecule has 0 radical (unpaired) electrons. The molecule has 1 aromatic rings. The van der Waals surface area contributed by atoms with Crippen LogP contribution >= 0.6 is 0 Å². The van der Waals surface area contributed by atoms with Gasteiger partial charge in [0.2, 0.25) is 0 Å². The molecule has 0 unspecified atom stereocenters. The van der Waals surface area contributed by atoms with Gasteiger partial charge in [-0.05, 0) is 13.1 Å². The Morgan fingerprint density at radius 2 is 1.80 bits per heavy atom. The molecule has 0 aliphatic rings. The molecule has 8 heteroatoms. The summed E-state index contributed by atoms with van der Waals surface area (Å²) in [4.78, 5) is 10.7. The van der Waals surface area contributed by atoms with Crippen molar-refractivity contribution in [1.82, 2.24) is 5.32 Å². The van der Waals surface area contributed by atoms with Crippen LogP contribution < -0.4 is 15.0 Å². The summed E-state index contributed by atoms with van der Waals surface area (Å²) < 4.78 is 28.6. The normalized spacial score (nSPS) is 10.4. The number of carbonyl (C=O) groups is 1. The topological polar surface area (TPSA) is 119 Å². The molecule has 5 N–H and O–H groups in total. The first-order chi connectivity index (χ1) is 9.22. The zero-order valence-electron chi connectivity index (χ0n) is 11.8. The molecule has 0 heterocycles. The zero-order valence-corrected chi connectivity index (χ0v) is 13.6. The third-order valence-corrected chi connectivity index (χ3v) is 4.12. The molecule has 0 aliphatic carbocycles. The fourth-order valence-electron chi connectivity index (χ4n) is 1.24. The number of phenolic OH excluding ortho intramolecular Hbond substituents is 1. The quantitative estimate of drug-likeness (QED) is 0.371. The number of phenols is 1. The van der Waals surface area contributed by atoms with Gasteiger partial charge in [-0.15, -0.1) is 0 Å². The largest absolute Gasteiger partial charge is 0.317 e.